The molecule has 1 aromatic heterocycles. The lowest BCUT2D eigenvalue weighted by Gasteiger charge is -2.06. The van der Waals surface area contributed by atoms with Crippen LogP contribution >= 0.6 is 31.9 Å². The molecule has 1 amide bonds. The third kappa shape index (κ3) is 2.64. The maximum atomic E-state index is 12.1. The molecule has 0 bridgehead atoms. The Morgan fingerprint density at radius 1 is 1.37 bits per heavy atom. The first-order chi connectivity index (χ1) is 8.75. The van der Waals surface area contributed by atoms with Gasteiger partial charge < -0.3 is 10.4 Å². The lowest BCUT2D eigenvalue weighted by Crippen LogP contribution is -2.19. The summed E-state index contributed by atoms with van der Waals surface area (Å²) in [5, 5.41) is 11.6. The van der Waals surface area contributed by atoms with Crippen molar-refractivity contribution in [2.45, 2.75) is 13.8 Å². The summed E-state index contributed by atoms with van der Waals surface area (Å²) in [7, 11) is 0. The highest BCUT2D eigenvalue weighted by Gasteiger charge is 2.65. The lowest BCUT2D eigenvalue weighted by atomic mass is 10.1. The molecule has 2 atom stereocenters. The number of hydrogen-bond donors (Lipinski definition) is 2. The minimum absolute atomic E-state index is 0.278. The molecule has 1 aliphatic carbocycles. The van der Waals surface area contributed by atoms with E-state index in [0.29, 0.717) is 9.21 Å². The van der Waals surface area contributed by atoms with Crippen LogP contribution in [0.2, 0.25) is 0 Å². The average Bonchev–Trinajstić information content (AvgIpc) is 2.86. The Labute approximate surface area is 126 Å². The zero-order chi connectivity index (χ0) is 14.4. The molecule has 1 heterocycles. The summed E-state index contributed by atoms with van der Waals surface area (Å²) in [6.45, 7) is 3.52. The van der Waals surface area contributed by atoms with Crippen LogP contribution in [0.4, 0.5) is 5.82 Å². The fraction of sp³-hybridized carbons (Fsp3) is 0.455. The normalized spacial score (nSPS) is 23.8. The molecule has 1 aliphatic rings. The molecule has 0 aliphatic heterocycles. The smallest absolute Gasteiger partial charge is 0.307 e. The third-order valence-corrected chi connectivity index (χ3v) is 4.25. The quantitative estimate of drug-likeness (QED) is 0.823. The molecule has 19 heavy (non-hydrogen) atoms. The monoisotopic (exact) mass is 391 g/mol. The number of nitrogens with one attached hydrogen (secondary N) is 1. The highest BCUT2D eigenvalue weighted by molar-refractivity contribution is 9.11. The second-order valence-corrected chi connectivity index (χ2v) is 6.50. The first-order valence-electron chi connectivity index (χ1n) is 5.47. The van der Waals surface area contributed by atoms with Crippen LogP contribution in [-0.2, 0) is 9.59 Å². The van der Waals surface area contributed by atoms with E-state index in [9.17, 15) is 9.59 Å². The zero-order valence-corrected chi connectivity index (χ0v) is 13.3. The van der Waals surface area contributed by atoms with Gasteiger partial charge in [-0.2, -0.15) is 0 Å². The van der Waals surface area contributed by atoms with E-state index in [4.69, 9.17) is 5.11 Å². The van der Waals surface area contributed by atoms with E-state index in [0.717, 1.165) is 0 Å². The fourth-order valence-corrected chi connectivity index (χ4v) is 3.12. The largest absolute Gasteiger partial charge is 0.481 e. The van der Waals surface area contributed by atoms with Crippen LogP contribution in [0.3, 0.4) is 0 Å². The van der Waals surface area contributed by atoms with Crippen molar-refractivity contribution in [1.82, 2.24) is 9.97 Å². The standard InChI is InChI=1S/C11H11Br2N3O3/c1-11(2)5(6(11)10(18)19)9(17)16-8-7(13)15-4(12)3-14-8/h3,5-6H,1-2H3,(H,18,19)(H,14,16,17). The number of rotatable bonds is 3. The maximum absolute atomic E-state index is 12.1. The highest BCUT2D eigenvalue weighted by atomic mass is 79.9. The van der Waals surface area contributed by atoms with Crippen LogP contribution < -0.4 is 5.32 Å². The number of carbonyl (C=O) groups excluding carboxylic acids is 1. The second-order valence-electron chi connectivity index (χ2n) is 4.94. The van der Waals surface area contributed by atoms with Gasteiger partial charge >= 0.3 is 5.97 Å². The van der Waals surface area contributed by atoms with Crippen molar-refractivity contribution in [3.8, 4) is 0 Å². The molecule has 1 saturated carbocycles. The molecular formula is C11H11Br2N3O3. The van der Waals surface area contributed by atoms with Gasteiger partial charge in [0.15, 0.2) is 5.82 Å². The Kier molecular flexibility index (Phi) is 3.65. The van der Waals surface area contributed by atoms with Crippen molar-refractivity contribution in [2.75, 3.05) is 5.32 Å². The highest BCUT2D eigenvalue weighted by Crippen LogP contribution is 2.58. The molecule has 8 heteroatoms. The van der Waals surface area contributed by atoms with Gasteiger partial charge in [-0.05, 0) is 37.3 Å². The number of amides is 1. The number of carbonyl (C=O) groups is 2. The predicted molar refractivity (Wildman–Crippen MR) is 74.5 cm³/mol. The van der Waals surface area contributed by atoms with Crippen LogP contribution in [0.1, 0.15) is 13.8 Å². The van der Waals surface area contributed by atoms with Crippen LogP contribution in [0.5, 0.6) is 0 Å². The number of aromatic nitrogens is 2. The Bertz CT molecular complexity index is 562. The molecule has 0 aromatic carbocycles. The number of halogens is 2. The number of anilines is 1. The number of nitrogens with zero attached hydrogens (tertiary/aromatic N) is 2. The molecule has 2 rings (SSSR count). The summed E-state index contributed by atoms with van der Waals surface area (Å²) < 4.78 is 0.924. The third-order valence-electron chi connectivity index (χ3n) is 3.32. The van der Waals surface area contributed by atoms with E-state index in [1.807, 2.05) is 0 Å². The van der Waals surface area contributed by atoms with Gasteiger partial charge in [0.1, 0.15) is 9.21 Å². The van der Waals surface area contributed by atoms with E-state index >= 15 is 0 Å². The Morgan fingerprint density at radius 3 is 2.47 bits per heavy atom. The van der Waals surface area contributed by atoms with Gasteiger partial charge in [-0.15, -0.1) is 0 Å². The van der Waals surface area contributed by atoms with E-state index in [-0.39, 0.29) is 11.7 Å². The first kappa shape index (κ1) is 14.4. The second kappa shape index (κ2) is 4.82. The van der Waals surface area contributed by atoms with Crippen molar-refractivity contribution in [3.63, 3.8) is 0 Å². The van der Waals surface area contributed by atoms with Gasteiger partial charge in [0.05, 0.1) is 18.0 Å². The Morgan fingerprint density at radius 2 is 2.00 bits per heavy atom. The van der Waals surface area contributed by atoms with Crippen LogP contribution in [0.25, 0.3) is 0 Å². The molecule has 2 unspecified atom stereocenters. The van der Waals surface area contributed by atoms with Gasteiger partial charge in [-0.25, -0.2) is 9.97 Å². The number of carboxylic acids is 1. The molecule has 2 N–H and O–H groups in total. The maximum Gasteiger partial charge on any atom is 0.307 e. The van der Waals surface area contributed by atoms with Crippen LogP contribution in [0, 0.1) is 17.3 Å². The fourth-order valence-electron chi connectivity index (χ4n) is 2.21. The zero-order valence-electron chi connectivity index (χ0n) is 10.1. The minimum Gasteiger partial charge on any atom is -0.481 e. The summed E-state index contributed by atoms with van der Waals surface area (Å²) >= 11 is 6.34. The lowest BCUT2D eigenvalue weighted by molar-refractivity contribution is -0.140. The Balaban J connectivity index is 2.13. The minimum atomic E-state index is -0.953. The molecule has 0 saturated heterocycles. The Hall–Kier alpha value is -1.02. The molecule has 1 aromatic rings. The average molecular weight is 393 g/mol. The van der Waals surface area contributed by atoms with Crippen LogP contribution in [-0.4, -0.2) is 27.0 Å². The van der Waals surface area contributed by atoms with Crippen molar-refractivity contribution in [3.05, 3.63) is 15.4 Å². The van der Waals surface area contributed by atoms with E-state index in [2.05, 4.69) is 47.1 Å². The molecule has 0 spiro atoms. The summed E-state index contributed by atoms with van der Waals surface area (Å²) in [5.41, 5.74) is -0.537. The van der Waals surface area contributed by atoms with Gasteiger partial charge in [-0.1, -0.05) is 13.8 Å². The van der Waals surface area contributed by atoms with Crippen LogP contribution in [0.15, 0.2) is 15.4 Å². The SMILES string of the molecule is CC1(C)C(C(=O)O)C1C(=O)Nc1ncc(Br)nc1Br. The van der Waals surface area contributed by atoms with E-state index in [1.54, 1.807) is 13.8 Å². The van der Waals surface area contributed by atoms with Crippen molar-refractivity contribution < 1.29 is 14.7 Å². The summed E-state index contributed by atoms with van der Waals surface area (Å²) in [6, 6.07) is 0. The number of carboxylic acid groups (broad SMARTS) is 1. The van der Waals surface area contributed by atoms with Gasteiger partial charge in [0.25, 0.3) is 0 Å². The van der Waals surface area contributed by atoms with Crippen molar-refractivity contribution in [1.29, 1.82) is 0 Å². The first-order valence-corrected chi connectivity index (χ1v) is 7.05. The number of aliphatic carboxylic acids is 1. The predicted octanol–water partition coefficient (Wildman–Crippen LogP) is 2.30. The van der Waals surface area contributed by atoms with Crippen molar-refractivity contribution >= 4 is 49.6 Å². The van der Waals surface area contributed by atoms with E-state index < -0.39 is 23.2 Å². The van der Waals surface area contributed by atoms with E-state index in [1.165, 1.54) is 6.20 Å². The van der Waals surface area contributed by atoms with Gasteiger partial charge in [0, 0.05) is 0 Å². The summed E-state index contributed by atoms with van der Waals surface area (Å²) in [4.78, 5) is 31.1. The molecule has 0 radical (unpaired) electrons. The molecule has 1 fully saturated rings. The van der Waals surface area contributed by atoms with Crippen molar-refractivity contribution in [2.24, 2.45) is 17.3 Å². The number of hydrogen-bond acceptors (Lipinski definition) is 4. The molecule has 102 valence electrons. The molecule has 6 nitrogen and oxygen atoms in total. The van der Waals surface area contributed by atoms with Gasteiger partial charge in [-0.3, -0.25) is 9.59 Å². The topological polar surface area (TPSA) is 92.2 Å². The summed E-state index contributed by atoms with van der Waals surface area (Å²) in [6.07, 6.45) is 1.45. The summed E-state index contributed by atoms with van der Waals surface area (Å²) in [5.74, 6) is -2.24. The van der Waals surface area contributed by atoms with Gasteiger partial charge in [0.2, 0.25) is 5.91 Å². The molecular weight excluding hydrogens is 382 g/mol.